The SMILES string of the molecule is C=O.COc1cc(C(=O)N[C@@H]2CC[C@@H]3CN(C)C[C@@H]32)ccc1-c1cc2nccc(-c3ccc(OC4CCOCC4)c(C#N)c3)c2o1.COc1cc(C(=O)N[C@@H]2CC[C@@H]3CNC[C@@H]32)ccc1-c1cc2nccc(-c3ccc(OC4CCOCC4)c(C#N)c3)c2o1. The number of likely N-dealkylation sites (tertiary alicyclic amines) is 1. The Balaban J connectivity index is 0.000000168. The van der Waals surface area contributed by atoms with Gasteiger partial charge in [-0.1, -0.05) is 12.1 Å². The first-order chi connectivity index (χ1) is 43.6. The molecule has 6 aliphatic rings. The minimum atomic E-state index is -0.0893. The molecule has 8 heterocycles. The molecule has 89 heavy (non-hydrogen) atoms. The molecular weight excluding hydrogens is 1130 g/mol. The Kier molecular flexibility index (Phi) is 18.3. The van der Waals surface area contributed by atoms with Gasteiger partial charge in [0.15, 0.2) is 11.2 Å². The number of nitrogens with zero attached hydrogens (tertiary/aromatic N) is 5. The van der Waals surface area contributed by atoms with E-state index in [1.54, 1.807) is 38.7 Å². The number of nitriles is 2. The monoisotopic (exact) mass is 1200 g/mol. The zero-order valence-corrected chi connectivity index (χ0v) is 50.3. The van der Waals surface area contributed by atoms with Gasteiger partial charge in [-0.3, -0.25) is 19.6 Å². The van der Waals surface area contributed by atoms with Crippen LogP contribution in [0.15, 0.2) is 118 Å². The lowest BCUT2D eigenvalue weighted by molar-refractivity contribution is -0.0980. The summed E-state index contributed by atoms with van der Waals surface area (Å²) < 4.78 is 47.4. The molecule has 0 spiro atoms. The highest BCUT2D eigenvalue weighted by molar-refractivity contribution is 5.98. The number of benzene rings is 4. The van der Waals surface area contributed by atoms with Crippen molar-refractivity contribution in [2.45, 2.75) is 75.7 Å². The molecule has 0 bridgehead atoms. The molecule has 4 aromatic carbocycles. The second-order valence-electron chi connectivity index (χ2n) is 23.7. The summed E-state index contributed by atoms with van der Waals surface area (Å²) in [6, 6.07) is 34.6. The summed E-state index contributed by atoms with van der Waals surface area (Å²) in [5, 5.41) is 29.8. The van der Waals surface area contributed by atoms with Gasteiger partial charge in [0, 0.05) is 104 Å². The maximum absolute atomic E-state index is 13.3. The molecule has 3 N–H and O–H groups in total. The molecule has 19 nitrogen and oxygen atoms in total. The van der Waals surface area contributed by atoms with Crippen LogP contribution in [0.2, 0.25) is 0 Å². The van der Waals surface area contributed by atoms with E-state index in [1.165, 1.54) is 0 Å². The number of carbonyl (C=O) groups excluding carboxylic acids is 3. The van der Waals surface area contributed by atoms with E-state index in [2.05, 4.69) is 50.0 Å². The lowest BCUT2D eigenvalue weighted by Crippen LogP contribution is -2.39. The largest absolute Gasteiger partial charge is 0.496 e. The molecule has 14 rings (SSSR count). The van der Waals surface area contributed by atoms with Crippen LogP contribution < -0.4 is 34.9 Å². The van der Waals surface area contributed by atoms with Crippen LogP contribution in [-0.4, -0.2) is 132 Å². The number of methoxy groups -OCH3 is 2. The topological polar surface area (TPSA) is 246 Å². The minimum Gasteiger partial charge on any atom is -0.496 e. The molecular formula is C70H72N8O11. The highest BCUT2D eigenvalue weighted by Gasteiger charge is 2.43. The third kappa shape index (κ3) is 12.8. The second-order valence-corrected chi connectivity index (χ2v) is 23.7. The van der Waals surface area contributed by atoms with Crippen molar-refractivity contribution in [1.29, 1.82) is 10.5 Å². The first-order valence-electron chi connectivity index (χ1n) is 30.6. The molecule has 6 fully saturated rings. The van der Waals surface area contributed by atoms with Crippen molar-refractivity contribution in [2.24, 2.45) is 23.7 Å². The van der Waals surface area contributed by atoms with Crippen molar-refractivity contribution in [3.63, 3.8) is 0 Å². The van der Waals surface area contributed by atoms with Gasteiger partial charge in [-0.25, -0.2) is 0 Å². The fourth-order valence-corrected chi connectivity index (χ4v) is 13.9. The van der Waals surface area contributed by atoms with Gasteiger partial charge in [0.05, 0.1) is 62.9 Å². The summed E-state index contributed by atoms with van der Waals surface area (Å²) in [6.45, 7) is 8.83. The number of fused-ring (bicyclic) bond motifs is 4. The molecule has 0 unspecified atom stereocenters. The molecule has 458 valence electrons. The van der Waals surface area contributed by atoms with Crippen molar-refractivity contribution in [3.8, 4) is 80.0 Å². The summed E-state index contributed by atoms with van der Waals surface area (Å²) >= 11 is 0. The van der Waals surface area contributed by atoms with E-state index < -0.39 is 0 Å². The van der Waals surface area contributed by atoms with Crippen molar-refractivity contribution >= 4 is 40.8 Å². The van der Waals surface area contributed by atoms with E-state index >= 15 is 0 Å². The summed E-state index contributed by atoms with van der Waals surface area (Å²) in [7, 11) is 5.34. The van der Waals surface area contributed by atoms with Gasteiger partial charge in [0.1, 0.15) is 76.7 Å². The van der Waals surface area contributed by atoms with Gasteiger partial charge in [-0.05, 0) is 147 Å². The lowest BCUT2D eigenvalue weighted by Gasteiger charge is -2.23. The molecule has 19 heteroatoms. The van der Waals surface area contributed by atoms with Crippen LogP contribution in [0.1, 0.15) is 83.2 Å². The smallest absolute Gasteiger partial charge is 0.251 e. The Morgan fingerprint density at radius 2 is 1.04 bits per heavy atom. The average Bonchev–Trinajstić information content (AvgIpc) is 2.82. The first kappa shape index (κ1) is 60.2. The van der Waals surface area contributed by atoms with Crippen molar-refractivity contribution < 1.29 is 51.6 Å². The molecule has 0 radical (unpaired) electrons. The quantitative estimate of drug-likeness (QED) is 0.0916. The van der Waals surface area contributed by atoms with Gasteiger partial charge in [0.2, 0.25) is 0 Å². The van der Waals surface area contributed by atoms with Crippen LogP contribution in [0.4, 0.5) is 0 Å². The Morgan fingerprint density at radius 1 is 0.562 bits per heavy atom. The Hall–Kier alpha value is -9.11. The molecule has 2 amide bonds. The van der Waals surface area contributed by atoms with Crippen molar-refractivity contribution in [1.82, 2.24) is 30.8 Å². The van der Waals surface area contributed by atoms with Crippen molar-refractivity contribution in [3.05, 3.63) is 132 Å². The van der Waals surface area contributed by atoms with Crippen LogP contribution in [0.5, 0.6) is 23.0 Å². The summed E-state index contributed by atoms with van der Waals surface area (Å²) in [5.74, 6) is 5.57. The number of hydrogen-bond donors (Lipinski definition) is 3. The summed E-state index contributed by atoms with van der Waals surface area (Å²) in [5.41, 5.74) is 9.35. The number of hydrogen-bond acceptors (Lipinski definition) is 17. The molecule has 2 saturated carbocycles. The predicted molar refractivity (Wildman–Crippen MR) is 334 cm³/mol. The molecule has 4 aliphatic heterocycles. The molecule has 8 aromatic rings. The van der Waals surface area contributed by atoms with Crippen molar-refractivity contribution in [2.75, 3.05) is 73.9 Å². The Labute approximate surface area is 516 Å². The number of rotatable bonds is 14. The predicted octanol–water partition coefficient (Wildman–Crippen LogP) is 10.8. The lowest BCUT2D eigenvalue weighted by atomic mass is 9.97. The van der Waals surface area contributed by atoms with E-state index in [1.807, 2.05) is 91.7 Å². The second kappa shape index (κ2) is 27.1. The van der Waals surface area contributed by atoms with E-state index in [0.29, 0.717) is 129 Å². The zero-order chi connectivity index (χ0) is 61.5. The number of nitrogens with one attached hydrogen (secondary N) is 3. The molecule has 4 aromatic heterocycles. The summed E-state index contributed by atoms with van der Waals surface area (Å²) in [4.78, 5) is 45.9. The normalized spacial score (nSPS) is 21.5. The first-order valence-corrected chi connectivity index (χ1v) is 30.6. The fraction of sp³-hybridized carbons (Fsp3) is 0.386. The standard InChI is InChI=1S/C35H36N4O5.C34H34N4O5.CH2O/c1-39-19-23-4-7-29(28(23)20-39)38-35(40)22-3-6-27(32(16-22)41-2)33-17-30-34(44-33)26(9-12-37-30)21-5-8-31(24(15-21)18-36)43-25-10-13-42-14-11-25;1-40-31-15-21(34(39)38-28-6-3-22-18-36-19-27(22)28)2-5-26(31)32-16-29-33(43-32)25(8-11-37-29)20-4-7-30(23(14-20)17-35)42-24-9-12-41-13-10-24;1-2/h3,5-6,8-9,12,15-17,23,25,28-29H,4,7,10-11,13-14,19-20H2,1-2H3,(H,38,40);2,4-5,7-8,11,14-16,22,24,27-28,36H,3,6,9-10,12-13,18-19H2,1H3,(H,38,39);1H2/t23-,28+,29-;22-,27+,28-;/m11./s1. The van der Waals surface area contributed by atoms with Gasteiger partial charge >= 0.3 is 0 Å². The highest BCUT2D eigenvalue weighted by atomic mass is 16.5. The maximum Gasteiger partial charge on any atom is 0.251 e. The molecule has 2 aliphatic carbocycles. The Bertz CT molecular complexity index is 3970. The number of ether oxygens (including phenoxy) is 6. The molecule has 4 saturated heterocycles. The van der Waals surface area contributed by atoms with Crippen LogP contribution in [0.25, 0.3) is 67.1 Å². The van der Waals surface area contributed by atoms with E-state index in [4.69, 9.17) is 42.1 Å². The third-order valence-corrected chi connectivity index (χ3v) is 18.5. The molecule has 6 atom stereocenters. The van der Waals surface area contributed by atoms with Gasteiger partial charge in [0.25, 0.3) is 11.8 Å². The number of aromatic nitrogens is 2. The van der Waals surface area contributed by atoms with Crippen LogP contribution in [0, 0.1) is 46.3 Å². The van der Waals surface area contributed by atoms with Crippen LogP contribution >= 0.6 is 0 Å². The number of amides is 2. The average molecular weight is 1200 g/mol. The highest BCUT2D eigenvalue weighted by Crippen LogP contribution is 2.43. The van der Waals surface area contributed by atoms with Crippen LogP contribution in [0.3, 0.4) is 0 Å². The minimum absolute atomic E-state index is 0.0405. The van der Waals surface area contributed by atoms with Gasteiger partial charge in [-0.2, -0.15) is 10.5 Å². The van der Waals surface area contributed by atoms with E-state index in [-0.39, 0.29) is 36.1 Å². The summed E-state index contributed by atoms with van der Waals surface area (Å²) in [6.07, 6.45) is 11.1. The zero-order valence-electron chi connectivity index (χ0n) is 50.3. The Morgan fingerprint density at radius 3 is 1.53 bits per heavy atom. The third-order valence-electron chi connectivity index (χ3n) is 18.5. The van der Waals surface area contributed by atoms with Gasteiger partial charge in [-0.15, -0.1) is 0 Å². The number of carbonyl (C=O) groups is 3. The van der Waals surface area contributed by atoms with Crippen LogP contribution in [-0.2, 0) is 14.3 Å². The van der Waals surface area contributed by atoms with Gasteiger partial charge < -0.3 is 62.9 Å². The van der Waals surface area contributed by atoms with E-state index in [9.17, 15) is 20.1 Å². The fourth-order valence-electron chi connectivity index (χ4n) is 13.9. The number of furan rings is 2. The number of pyridine rings is 2. The van der Waals surface area contributed by atoms with E-state index in [0.717, 1.165) is 111 Å². The maximum atomic E-state index is 13.3.